The third-order valence-corrected chi connectivity index (χ3v) is 1.71. The molecule has 1 aliphatic carbocycles. The smallest absolute Gasteiger partial charge is 0.0107 e. The molecule has 1 fully saturated rings. The molecule has 0 aromatic rings. The highest BCUT2D eigenvalue weighted by Crippen LogP contribution is 2.33. The van der Waals surface area contributed by atoms with Gasteiger partial charge in [-0.2, -0.15) is 0 Å². The Hall–Kier alpha value is -0.640. The van der Waals surface area contributed by atoms with Crippen LogP contribution in [0.25, 0.3) is 0 Å². The normalized spacial score (nSPS) is 16.4. The quantitative estimate of drug-likeness (QED) is 0.343. The molecule has 0 saturated heterocycles. The Morgan fingerprint density at radius 3 is 2.78 bits per heavy atom. The molecule has 0 unspecified atom stereocenters. The number of hydrogen-bond donors (Lipinski definition) is 1. The van der Waals surface area contributed by atoms with Crippen molar-refractivity contribution >= 4 is 0 Å². The van der Waals surface area contributed by atoms with E-state index in [0.717, 1.165) is 12.3 Å². The molecule has 0 aliphatic heterocycles. The van der Waals surface area contributed by atoms with Crippen molar-refractivity contribution in [1.29, 1.82) is 0 Å². The van der Waals surface area contributed by atoms with Gasteiger partial charge in [-0.25, -0.2) is 0 Å². The van der Waals surface area contributed by atoms with Crippen LogP contribution in [0.15, 0.2) is 0 Å². The topological polar surface area (TPSA) is 26.0 Å². The van der Waals surface area contributed by atoms with Gasteiger partial charge in [0, 0.05) is 12.5 Å². The Balaban J connectivity index is 1.84. The molecule has 0 radical (unpaired) electrons. The Bertz CT molecular complexity index is 125. The molecular formula is C8H13N. The van der Waals surface area contributed by atoms with E-state index in [-0.39, 0.29) is 0 Å². The van der Waals surface area contributed by atoms with Crippen LogP contribution in [0, 0.1) is 17.9 Å². The highest BCUT2D eigenvalue weighted by atomic mass is 14.4. The molecule has 1 saturated carbocycles. The molecule has 0 aromatic heterocycles. The summed E-state index contributed by atoms with van der Waals surface area (Å²) in [6.45, 7) is 0. The first-order valence-corrected chi connectivity index (χ1v) is 3.62. The summed E-state index contributed by atoms with van der Waals surface area (Å²) >= 11 is 0. The fourth-order valence-corrected chi connectivity index (χ4v) is 0.958. The molecule has 1 rings (SSSR count). The second kappa shape index (κ2) is 3.40. The molecule has 0 heterocycles. The van der Waals surface area contributed by atoms with Crippen LogP contribution < -0.4 is 5.73 Å². The molecule has 0 amide bonds. The number of hydrogen-bond acceptors (Lipinski definition) is 1. The molecule has 0 bridgehead atoms. The molecule has 50 valence electrons. The SMILES string of the molecule is NC#CCCCC1CC1. The summed E-state index contributed by atoms with van der Waals surface area (Å²) in [6.07, 6.45) is 6.52. The molecule has 1 aliphatic rings. The van der Waals surface area contributed by atoms with Crippen LogP contribution in [0.2, 0.25) is 0 Å². The molecule has 0 aromatic carbocycles. The highest BCUT2D eigenvalue weighted by Gasteiger charge is 2.19. The van der Waals surface area contributed by atoms with Crippen molar-refractivity contribution < 1.29 is 0 Å². The third kappa shape index (κ3) is 3.03. The van der Waals surface area contributed by atoms with Crippen LogP contribution in [0.4, 0.5) is 0 Å². The average Bonchev–Trinajstić information content (AvgIpc) is 2.63. The van der Waals surface area contributed by atoms with E-state index in [1.807, 2.05) is 0 Å². The zero-order valence-corrected chi connectivity index (χ0v) is 5.69. The van der Waals surface area contributed by atoms with Crippen LogP contribution >= 0.6 is 0 Å². The van der Waals surface area contributed by atoms with Gasteiger partial charge in [-0.05, 0) is 18.8 Å². The van der Waals surface area contributed by atoms with E-state index in [0.29, 0.717) is 0 Å². The molecule has 0 spiro atoms. The van der Waals surface area contributed by atoms with E-state index in [1.54, 1.807) is 0 Å². The zero-order valence-electron chi connectivity index (χ0n) is 5.69. The summed E-state index contributed by atoms with van der Waals surface area (Å²) in [4.78, 5) is 0. The van der Waals surface area contributed by atoms with Crippen molar-refractivity contribution in [2.45, 2.75) is 32.1 Å². The molecule has 2 N–H and O–H groups in total. The Morgan fingerprint density at radius 2 is 2.22 bits per heavy atom. The predicted molar refractivity (Wildman–Crippen MR) is 38.5 cm³/mol. The van der Waals surface area contributed by atoms with Crippen molar-refractivity contribution in [1.82, 2.24) is 0 Å². The van der Waals surface area contributed by atoms with Gasteiger partial charge in [0.1, 0.15) is 0 Å². The minimum atomic E-state index is 0.993. The molecule has 1 nitrogen and oxygen atoms in total. The highest BCUT2D eigenvalue weighted by molar-refractivity contribution is 4.93. The van der Waals surface area contributed by atoms with Gasteiger partial charge in [0.05, 0.1) is 0 Å². The summed E-state index contributed by atoms with van der Waals surface area (Å²) in [5.41, 5.74) is 5.00. The summed E-state index contributed by atoms with van der Waals surface area (Å²) < 4.78 is 0. The Morgan fingerprint density at radius 1 is 1.44 bits per heavy atom. The van der Waals surface area contributed by atoms with Crippen LogP contribution in [0.1, 0.15) is 32.1 Å². The van der Waals surface area contributed by atoms with Gasteiger partial charge in [0.25, 0.3) is 0 Å². The molecule has 0 atom stereocenters. The largest absolute Gasteiger partial charge is 0.359 e. The monoisotopic (exact) mass is 123 g/mol. The van der Waals surface area contributed by atoms with Crippen molar-refractivity contribution in [3.8, 4) is 12.0 Å². The van der Waals surface area contributed by atoms with Crippen LogP contribution in [0.3, 0.4) is 0 Å². The van der Waals surface area contributed by atoms with Gasteiger partial charge >= 0.3 is 0 Å². The minimum Gasteiger partial charge on any atom is -0.359 e. The van der Waals surface area contributed by atoms with Gasteiger partial charge in [-0.3, -0.25) is 0 Å². The fourth-order valence-electron chi connectivity index (χ4n) is 0.958. The lowest BCUT2D eigenvalue weighted by Crippen LogP contribution is -1.79. The van der Waals surface area contributed by atoms with E-state index in [9.17, 15) is 0 Å². The molecular weight excluding hydrogens is 110 g/mol. The van der Waals surface area contributed by atoms with Gasteiger partial charge in [0.2, 0.25) is 0 Å². The molecule has 9 heavy (non-hydrogen) atoms. The first kappa shape index (κ1) is 6.48. The fraction of sp³-hybridized carbons (Fsp3) is 0.750. The second-order valence-electron chi connectivity index (χ2n) is 2.66. The lowest BCUT2D eigenvalue weighted by Gasteiger charge is -1.89. The van der Waals surface area contributed by atoms with E-state index in [2.05, 4.69) is 12.0 Å². The second-order valence-corrected chi connectivity index (χ2v) is 2.66. The first-order valence-electron chi connectivity index (χ1n) is 3.62. The standard InChI is InChI=1S/C8H13N/c9-7-3-1-2-4-8-5-6-8/h8H,1-2,4-6,9H2. The summed E-state index contributed by atoms with van der Waals surface area (Å²) in [5.74, 6) is 3.91. The van der Waals surface area contributed by atoms with Crippen LogP contribution in [-0.2, 0) is 0 Å². The average molecular weight is 123 g/mol. The molecule has 1 heteroatoms. The maximum Gasteiger partial charge on any atom is 0.0107 e. The summed E-state index contributed by atoms with van der Waals surface area (Å²) in [6, 6.07) is 2.41. The zero-order chi connectivity index (χ0) is 6.53. The Labute approximate surface area is 56.6 Å². The first-order chi connectivity index (χ1) is 4.43. The lowest BCUT2D eigenvalue weighted by molar-refractivity contribution is 0.681. The van der Waals surface area contributed by atoms with Gasteiger partial charge in [0.15, 0.2) is 0 Å². The van der Waals surface area contributed by atoms with Crippen molar-refractivity contribution in [3.05, 3.63) is 0 Å². The summed E-state index contributed by atoms with van der Waals surface area (Å²) in [7, 11) is 0. The number of rotatable bonds is 3. The minimum absolute atomic E-state index is 0.993. The van der Waals surface area contributed by atoms with Gasteiger partial charge < -0.3 is 5.73 Å². The predicted octanol–water partition coefficient (Wildman–Crippen LogP) is 1.49. The Kier molecular flexibility index (Phi) is 2.45. The lowest BCUT2D eigenvalue weighted by atomic mass is 10.2. The van der Waals surface area contributed by atoms with Crippen molar-refractivity contribution in [3.63, 3.8) is 0 Å². The third-order valence-electron chi connectivity index (χ3n) is 1.71. The van der Waals surface area contributed by atoms with E-state index in [1.165, 1.54) is 25.7 Å². The van der Waals surface area contributed by atoms with Crippen LogP contribution in [0.5, 0.6) is 0 Å². The number of unbranched alkanes of at least 4 members (excludes halogenated alkanes) is 1. The van der Waals surface area contributed by atoms with Crippen molar-refractivity contribution in [2.24, 2.45) is 11.7 Å². The maximum absolute atomic E-state index is 5.00. The summed E-state index contributed by atoms with van der Waals surface area (Å²) in [5, 5.41) is 0. The van der Waals surface area contributed by atoms with Gasteiger partial charge in [-0.1, -0.05) is 18.8 Å². The van der Waals surface area contributed by atoms with Gasteiger partial charge in [-0.15, -0.1) is 0 Å². The van der Waals surface area contributed by atoms with Crippen LogP contribution in [-0.4, -0.2) is 0 Å². The maximum atomic E-state index is 5.00. The number of nitrogens with two attached hydrogens (primary N) is 1. The van der Waals surface area contributed by atoms with E-state index < -0.39 is 0 Å². The van der Waals surface area contributed by atoms with E-state index >= 15 is 0 Å². The van der Waals surface area contributed by atoms with Crippen molar-refractivity contribution in [2.75, 3.05) is 0 Å². The van der Waals surface area contributed by atoms with E-state index in [4.69, 9.17) is 5.73 Å².